The van der Waals surface area contributed by atoms with Gasteiger partial charge in [0.2, 0.25) is 17.7 Å². The van der Waals surface area contributed by atoms with Gasteiger partial charge in [-0.05, 0) is 12.1 Å². The lowest BCUT2D eigenvalue weighted by Crippen LogP contribution is -2.52. The highest BCUT2D eigenvalue weighted by molar-refractivity contribution is 5.97. The Morgan fingerprint density at radius 2 is 1.58 bits per heavy atom. The van der Waals surface area contributed by atoms with Crippen molar-refractivity contribution in [2.45, 2.75) is 13.8 Å². The van der Waals surface area contributed by atoms with Gasteiger partial charge in [-0.25, -0.2) is 0 Å². The van der Waals surface area contributed by atoms with Crippen LogP contribution in [0, 0.1) is 0 Å². The lowest BCUT2D eigenvalue weighted by atomic mass is 10.2. The van der Waals surface area contributed by atoms with E-state index in [-0.39, 0.29) is 24.3 Å². The first-order valence-corrected chi connectivity index (χ1v) is 8.67. The number of hydrogen-bond donors (Lipinski definition) is 0. The zero-order valence-corrected chi connectivity index (χ0v) is 15.1. The number of amides is 3. The molecule has 1 aromatic rings. The van der Waals surface area contributed by atoms with E-state index in [0.29, 0.717) is 56.6 Å². The Labute approximate surface area is 152 Å². The van der Waals surface area contributed by atoms with E-state index < -0.39 is 0 Å². The largest absolute Gasteiger partial charge is 0.486 e. The van der Waals surface area contributed by atoms with Crippen LogP contribution in [0.3, 0.4) is 0 Å². The summed E-state index contributed by atoms with van der Waals surface area (Å²) in [5, 5.41) is 0. The minimum atomic E-state index is -0.225. The lowest BCUT2D eigenvalue weighted by molar-refractivity contribution is -0.137. The van der Waals surface area contributed by atoms with E-state index in [9.17, 15) is 14.4 Å². The molecule has 1 aromatic carbocycles. The Balaban J connectivity index is 1.68. The van der Waals surface area contributed by atoms with Crippen LogP contribution in [0.4, 0.5) is 5.69 Å². The van der Waals surface area contributed by atoms with Crippen molar-refractivity contribution in [2.24, 2.45) is 0 Å². The standard InChI is InChI=1S/C18H23N3O5/c1-13(22)19-5-7-20(8-6-19)18(24)12-21(14(2)23)15-3-4-16-17(11-15)26-10-9-25-16/h3-4,11H,5-10,12H2,1-2H3. The van der Waals surface area contributed by atoms with Crippen LogP contribution < -0.4 is 14.4 Å². The highest BCUT2D eigenvalue weighted by atomic mass is 16.6. The van der Waals surface area contributed by atoms with Gasteiger partial charge in [0.25, 0.3) is 0 Å². The summed E-state index contributed by atoms with van der Waals surface area (Å²) in [4.78, 5) is 41.0. The first-order valence-electron chi connectivity index (χ1n) is 8.67. The zero-order chi connectivity index (χ0) is 18.7. The van der Waals surface area contributed by atoms with Gasteiger partial charge in [0, 0.05) is 51.8 Å². The monoisotopic (exact) mass is 361 g/mol. The second kappa shape index (κ2) is 7.63. The minimum absolute atomic E-state index is 0.0127. The fraction of sp³-hybridized carbons (Fsp3) is 0.500. The number of carbonyl (C=O) groups excluding carboxylic acids is 3. The Bertz CT molecular complexity index is 713. The molecule has 0 aliphatic carbocycles. The summed E-state index contributed by atoms with van der Waals surface area (Å²) >= 11 is 0. The van der Waals surface area contributed by atoms with E-state index in [0.717, 1.165) is 0 Å². The van der Waals surface area contributed by atoms with Crippen LogP contribution in [0.5, 0.6) is 11.5 Å². The molecule has 0 unspecified atom stereocenters. The zero-order valence-electron chi connectivity index (χ0n) is 15.1. The molecule has 0 aromatic heterocycles. The van der Waals surface area contributed by atoms with Crippen LogP contribution in [0.1, 0.15) is 13.8 Å². The number of nitrogens with zero attached hydrogens (tertiary/aromatic N) is 3. The molecule has 0 N–H and O–H groups in total. The van der Waals surface area contributed by atoms with Crippen LogP contribution in [-0.4, -0.2) is 73.5 Å². The van der Waals surface area contributed by atoms with E-state index in [1.54, 1.807) is 28.0 Å². The molecule has 0 saturated carbocycles. The maximum absolute atomic E-state index is 12.6. The van der Waals surface area contributed by atoms with Gasteiger partial charge in [-0.2, -0.15) is 0 Å². The molecule has 26 heavy (non-hydrogen) atoms. The Kier molecular flexibility index (Phi) is 5.29. The van der Waals surface area contributed by atoms with Crippen LogP contribution in [0.2, 0.25) is 0 Å². The van der Waals surface area contributed by atoms with Crippen molar-refractivity contribution >= 4 is 23.4 Å². The molecular weight excluding hydrogens is 338 g/mol. The third kappa shape index (κ3) is 3.89. The molecule has 8 nitrogen and oxygen atoms in total. The normalized spacial score (nSPS) is 16.2. The molecule has 2 aliphatic rings. The van der Waals surface area contributed by atoms with Gasteiger partial charge in [-0.1, -0.05) is 0 Å². The topological polar surface area (TPSA) is 79.4 Å². The summed E-state index contributed by atoms with van der Waals surface area (Å²) in [6.45, 7) is 5.85. The van der Waals surface area contributed by atoms with Crippen molar-refractivity contribution in [1.29, 1.82) is 0 Å². The van der Waals surface area contributed by atoms with Gasteiger partial charge in [0.05, 0.1) is 0 Å². The molecule has 3 rings (SSSR count). The van der Waals surface area contributed by atoms with Crippen molar-refractivity contribution in [3.63, 3.8) is 0 Å². The molecule has 1 fully saturated rings. The van der Waals surface area contributed by atoms with Gasteiger partial charge in [0.15, 0.2) is 11.5 Å². The summed E-state index contributed by atoms with van der Waals surface area (Å²) in [6.07, 6.45) is 0. The Hall–Kier alpha value is -2.77. The van der Waals surface area contributed by atoms with Crippen LogP contribution >= 0.6 is 0 Å². The first-order chi connectivity index (χ1) is 12.5. The van der Waals surface area contributed by atoms with E-state index in [2.05, 4.69) is 0 Å². The van der Waals surface area contributed by atoms with Gasteiger partial charge < -0.3 is 24.2 Å². The fourth-order valence-electron chi connectivity index (χ4n) is 3.09. The summed E-state index contributed by atoms with van der Waals surface area (Å²) < 4.78 is 11.0. The molecule has 0 bridgehead atoms. The van der Waals surface area contributed by atoms with Crippen molar-refractivity contribution in [2.75, 3.05) is 50.8 Å². The van der Waals surface area contributed by atoms with Crippen LogP contribution in [-0.2, 0) is 14.4 Å². The molecule has 2 heterocycles. The molecule has 0 radical (unpaired) electrons. The third-order valence-electron chi connectivity index (χ3n) is 4.59. The summed E-state index contributed by atoms with van der Waals surface area (Å²) in [7, 11) is 0. The average Bonchev–Trinajstić information content (AvgIpc) is 2.65. The molecule has 0 spiro atoms. The minimum Gasteiger partial charge on any atom is -0.486 e. The van der Waals surface area contributed by atoms with Crippen LogP contribution in [0.25, 0.3) is 0 Å². The second-order valence-electron chi connectivity index (χ2n) is 6.32. The number of anilines is 1. The number of ether oxygens (including phenoxy) is 2. The molecule has 8 heteroatoms. The van der Waals surface area contributed by atoms with Crippen molar-refractivity contribution in [3.8, 4) is 11.5 Å². The lowest BCUT2D eigenvalue weighted by Gasteiger charge is -2.35. The number of benzene rings is 1. The summed E-state index contributed by atoms with van der Waals surface area (Å²) in [5.74, 6) is 0.854. The van der Waals surface area contributed by atoms with E-state index in [1.165, 1.54) is 18.7 Å². The maximum atomic E-state index is 12.6. The van der Waals surface area contributed by atoms with Gasteiger partial charge in [0.1, 0.15) is 19.8 Å². The average molecular weight is 361 g/mol. The molecule has 140 valence electrons. The van der Waals surface area contributed by atoms with Gasteiger partial charge in [-0.15, -0.1) is 0 Å². The predicted octanol–water partition coefficient (Wildman–Crippen LogP) is 0.501. The second-order valence-corrected chi connectivity index (χ2v) is 6.32. The third-order valence-corrected chi connectivity index (χ3v) is 4.59. The molecule has 0 atom stereocenters. The first kappa shape index (κ1) is 18.0. The molecule has 1 saturated heterocycles. The smallest absolute Gasteiger partial charge is 0.242 e. The van der Waals surface area contributed by atoms with Gasteiger partial charge >= 0.3 is 0 Å². The molecule has 2 aliphatic heterocycles. The molecule has 3 amide bonds. The predicted molar refractivity (Wildman–Crippen MR) is 94.3 cm³/mol. The van der Waals surface area contributed by atoms with E-state index in [4.69, 9.17) is 9.47 Å². The van der Waals surface area contributed by atoms with E-state index in [1.807, 2.05) is 0 Å². The Morgan fingerprint density at radius 3 is 2.19 bits per heavy atom. The highest BCUT2D eigenvalue weighted by Crippen LogP contribution is 2.34. The Morgan fingerprint density at radius 1 is 0.962 bits per heavy atom. The van der Waals surface area contributed by atoms with Crippen molar-refractivity contribution in [1.82, 2.24) is 9.80 Å². The van der Waals surface area contributed by atoms with Crippen molar-refractivity contribution < 1.29 is 23.9 Å². The van der Waals surface area contributed by atoms with Crippen LogP contribution in [0.15, 0.2) is 18.2 Å². The maximum Gasteiger partial charge on any atom is 0.242 e. The van der Waals surface area contributed by atoms with Gasteiger partial charge in [-0.3, -0.25) is 14.4 Å². The number of rotatable bonds is 3. The summed E-state index contributed by atoms with van der Waals surface area (Å²) in [6, 6.07) is 5.21. The number of piperazine rings is 1. The fourth-order valence-corrected chi connectivity index (χ4v) is 3.09. The highest BCUT2D eigenvalue weighted by Gasteiger charge is 2.26. The molecular formula is C18H23N3O5. The number of carbonyl (C=O) groups is 3. The number of hydrogen-bond acceptors (Lipinski definition) is 5. The van der Waals surface area contributed by atoms with Crippen molar-refractivity contribution in [3.05, 3.63) is 18.2 Å². The summed E-state index contributed by atoms with van der Waals surface area (Å²) in [5.41, 5.74) is 0.595. The quantitative estimate of drug-likeness (QED) is 0.783. The SMILES string of the molecule is CC(=O)N1CCN(C(=O)CN(C(C)=O)c2ccc3c(c2)OCCO3)CC1. The number of fused-ring (bicyclic) bond motifs is 1. The van der Waals surface area contributed by atoms with E-state index >= 15 is 0 Å².